The molecular formula is C18H19ClOS. The Labute approximate surface area is 134 Å². The molecule has 21 heavy (non-hydrogen) atoms. The lowest BCUT2D eigenvalue weighted by atomic mass is 9.86. The van der Waals surface area contributed by atoms with E-state index in [1.807, 2.05) is 11.3 Å². The summed E-state index contributed by atoms with van der Waals surface area (Å²) in [6, 6.07) is 8.75. The second-order valence-corrected chi connectivity index (χ2v) is 8.35. The summed E-state index contributed by atoms with van der Waals surface area (Å²) in [5.41, 5.74) is 4.08. The smallest absolute Gasteiger partial charge is 0.123 e. The van der Waals surface area contributed by atoms with Gasteiger partial charge in [0.2, 0.25) is 0 Å². The van der Waals surface area contributed by atoms with Crippen molar-refractivity contribution in [1.82, 2.24) is 0 Å². The lowest BCUT2D eigenvalue weighted by molar-refractivity contribution is 0.291. The first-order valence-electron chi connectivity index (χ1n) is 7.57. The van der Waals surface area contributed by atoms with Crippen molar-refractivity contribution in [1.29, 1.82) is 0 Å². The highest BCUT2D eigenvalue weighted by Gasteiger charge is 2.32. The van der Waals surface area contributed by atoms with Crippen LogP contribution in [0, 0.1) is 0 Å². The summed E-state index contributed by atoms with van der Waals surface area (Å²) in [6.45, 7) is 5.21. The van der Waals surface area contributed by atoms with Crippen LogP contribution in [0.1, 0.15) is 52.1 Å². The fraction of sp³-hybridized carbons (Fsp3) is 0.444. The highest BCUT2D eigenvalue weighted by atomic mass is 35.5. The van der Waals surface area contributed by atoms with Crippen molar-refractivity contribution in [3.63, 3.8) is 0 Å². The Morgan fingerprint density at radius 3 is 2.90 bits per heavy atom. The fourth-order valence-electron chi connectivity index (χ4n) is 3.34. The van der Waals surface area contributed by atoms with Gasteiger partial charge < -0.3 is 4.74 Å². The maximum Gasteiger partial charge on any atom is 0.123 e. The van der Waals surface area contributed by atoms with Crippen molar-refractivity contribution < 1.29 is 4.74 Å². The Bertz CT molecular complexity index is 680. The summed E-state index contributed by atoms with van der Waals surface area (Å²) < 4.78 is 5.76. The zero-order chi connectivity index (χ0) is 14.6. The van der Waals surface area contributed by atoms with Crippen LogP contribution in [0.5, 0.6) is 5.75 Å². The molecule has 0 radical (unpaired) electrons. The number of hydrogen-bond acceptors (Lipinski definition) is 2. The third kappa shape index (κ3) is 2.20. The second kappa shape index (κ2) is 4.76. The van der Waals surface area contributed by atoms with E-state index in [1.54, 1.807) is 4.88 Å². The van der Waals surface area contributed by atoms with Gasteiger partial charge in [-0.15, -0.1) is 22.9 Å². The zero-order valence-electron chi connectivity index (χ0n) is 12.4. The summed E-state index contributed by atoms with van der Waals surface area (Å²) in [4.78, 5) is 2.83. The van der Waals surface area contributed by atoms with Crippen LogP contribution in [-0.4, -0.2) is 6.61 Å². The Hall–Kier alpha value is -0.990. The predicted octanol–water partition coefficient (Wildman–Crippen LogP) is 5.24. The molecule has 1 aliphatic heterocycles. The quantitative estimate of drug-likeness (QED) is 0.688. The summed E-state index contributed by atoms with van der Waals surface area (Å²) in [5.74, 6) is 1.02. The largest absolute Gasteiger partial charge is 0.492 e. The topological polar surface area (TPSA) is 9.23 Å². The summed E-state index contributed by atoms with van der Waals surface area (Å²) >= 11 is 8.66. The van der Waals surface area contributed by atoms with Gasteiger partial charge in [0.05, 0.1) is 12.0 Å². The Balaban J connectivity index is 1.70. The Kier molecular flexibility index (Phi) is 3.09. The third-order valence-corrected chi connectivity index (χ3v) is 6.55. The van der Waals surface area contributed by atoms with Crippen LogP contribution in [0.4, 0.5) is 0 Å². The van der Waals surface area contributed by atoms with Crippen LogP contribution < -0.4 is 4.74 Å². The van der Waals surface area contributed by atoms with E-state index in [2.05, 4.69) is 38.1 Å². The molecular weight excluding hydrogens is 300 g/mol. The van der Waals surface area contributed by atoms with E-state index in [9.17, 15) is 0 Å². The number of thiophene rings is 1. The molecule has 1 unspecified atom stereocenters. The molecule has 0 amide bonds. The average Bonchev–Trinajstić information content (AvgIpc) is 3.11. The predicted molar refractivity (Wildman–Crippen MR) is 89.0 cm³/mol. The molecule has 2 aromatic rings. The van der Waals surface area contributed by atoms with Gasteiger partial charge in [-0.25, -0.2) is 0 Å². The van der Waals surface area contributed by atoms with Gasteiger partial charge in [0.1, 0.15) is 5.75 Å². The van der Waals surface area contributed by atoms with Gasteiger partial charge in [-0.1, -0.05) is 19.9 Å². The normalized spacial score (nSPS) is 20.0. The van der Waals surface area contributed by atoms with Crippen LogP contribution in [0.15, 0.2) is 24.3 Å². The van der Waals surface area contributed by atoms with E-state index >= 15 is 0 Å². The second-order valence-electron chi connectivity index (χ2n) is 6.74. The molecule has 0 N–H and O–H groups in total. The maximum absolute atomic E-state index is 6.76. The molecule has 2 heterocycles. The highest BCUT2D eigenvalue weighted by molar-refractivity contribution is 7.12. The van der Waals surface area contributed by atoms with Crippen molar-refractivity contribution in [3.8, 4) is 5.75 Å². The zero-order valence-corrected chi connectivity index (χ0v) is 14.0. The molecule has 0 spiro atoms. The number of benzene rings is 1. The number of fused-ring (bicyclic) bond motifs is 2. The van der Waals surface area contributed by atoms with Crippen LogP contribution in [0.25, 0.3) is 0 Å². The number of ether oxygens (including phenoxy) is 1. The van der Waals surface area contributed by atoms with Gasteiger partial charge in [-0.2, -0.15) is 0 Å². The average molecular weight is 319 g/mol. The standard InChI is InChI=1S/C18H19ClOS/c1-18(2)10-20-14-7-6-12(8-13(14)18)17(19)16-9-11-4-3-5-15(11)21-16/h6-9,17H,3-5,10H2,1-2H3. The number of rotatable bonds is 2. The number of hydrogen-bond donors (Lipinski definition) is 0. The minimum atomic E-state index is -0.0395. The van der Waals surface area contributed by atoms with Crippen molar-refractivity contribution in [3.05, 3.63) is 50.7 Å². The molecule has 2 aliphatic rings. The first kappa shape index (κ1) is 13.7. The number of halogens is 1. The van der Waals surface area contributed by atoms with E-state index in [0.717, 1.165) is 12.4 Å². The van der Waals surface area contributed by atoms with Gasteiger partial charge in [-0.05, 0) is 48.6 Å². The summed E-state index contributed by atoms with van der Waals surface area (Å²) in [6.07, 6.45) is 3.76. The van der Waals surface area contributed by atoms with Crippen LogP contribution in [0.2, 0.25) is 0 Å². The van der Waals surface area contributed by atoms with E-state index < -0.39 is 0 Å². The van der Waals surface area contributed by atoms with Gasteiger partial charge >= 0.3 is 0 Å². The van der Waals surface area contributed by atoms with Crippen LogP contribution in [-0.2, 0) is 18.3 Å². The van der Waals surface area contributed by atoms with Gasteiger partial charge in [-0.3, -0.25) is 0 Å². The molecule has 1 aliphatic carbocycles. The molecule has 110 valence electrons. The van der Waals surface area contributed by atoms with E-state index in [1.165, 1.54) is 40.8 Å². The molecule has 0 bridgehead atoms. The van der Waals surface area contributed by atoms with Crippen molar-refractivity contribution in [2.24, 2.45) is 0 Å². The minimum Gasteiger partial charge on any atom is -0.492 e. The van der Waals surface area contributed by atoms with Crippen molar-refractivity contribution in [2.45, 2.75) is 43.9 Å². The summed E-state index contributed by atoms with van der Waals surface area (Å²) in [5, 5.41) is -0.0395. The first-order chi connectivity index (χ1) is 10.0. The summed E-state index contributed by atoms with van der Waals surface area (Å²) in [7, 11) is 0. The van der Waals surface area contributed by atoms with Gasteiger partial charge in [0.15, 0.2) is 0 Å². The van der Waals surface area contributed by atoms with Crippen molar-refractivity contribution >= 4 is 22.9 Å². The Morgan fingerprint density at radius 1 is 1.24 bits per heavy atom. The molecule has 3 heteroatoms. The Morgan fingerprint density at radius 2 is 2.10 bits per heavy atom. The lowest BCUT2D eigenvalue weighted by Gasteiger charge is -2.17. The third-order valence-electron chi connectivity index (χ3n) is 4.63. The van der Waals surface area contributed by atoms with Gasteiger partial charge in [0.25, 0.3) is 0 Å². The van der Waals surface area contributed by atoms with E-state index in [-0.39, 0.29) is 10.8 Å². The molecule has 4 rings (SSSR count). The molecule has 0 fully saturated rings. The first-order valence-corrected chi connectivity index (χ1v) is 8.83. The van der Waals surface area contributed by atoms with Gasteiger partial charge in [0, 0.05) is 20.7 Å². The van der Waals surface area contributed by atoms with E-state index in [0.29, 0.717) is 0 Å². The van der Waals surface area contributed by atoms with Crippen LogP contribution >= 0.6 is 22.9 Å². The molecule has 1 nitrogen and oxygen atoms in total. The molecule has 0 saturated heterocycles. The SMILES string of the molecule is CC1(C)COc2ccc(C(Cl)c3cc4c(s3)CCC4)cc21. The molecule has 0 saturated carbocycles. The van der Waals surface area contributed by atoms with E-state index in [4.69, 9.17) is 16.3 Å². The molecule has 1 atom stereocenters. The van der Waals surface area contributed by atoms with Crippen LogP contribution in [0.3, 0.4) is 0 Å². The fourth-order valence-corrected chi connectivity index (χ4v) is 4.93. The highest BCUT2D eigenvalue weighted by Crippen LogP contribution is 2.43. The van der Waals surface area contributed by atoms with Crippen molar-refractivity contribution in [2.75, 3.05) is 6.61 Å². The maximum atomic E-state index is 6.76. The number of alkyl halides is 1. The molecule has 1 aromatic carbocycles. The number of aryl methyl sites for hydroxylation is 2. The minimum absolute atomic E-state index is 0.0395. The molecule has 1 aromatic heterocycles. The lowest BCUT2D eigenvalue weighted by Crippen LogP contribution is -2.18. The monoisotopic (exact) mass is 318 g/mol.